The summed E-state index contributed by atoms with van der Waals surface area (Å²) >= 11 is 0. The number of benzene rings is 1. The molecule has 108 valence electrons. The molecule has 6 nitrogen and oxygen atoms in total. The molecule has 0 radical (unpaired) electrons. The molecule has 0 amide bonds. The number of nitrogens with zero attached hydrogens (tertiary/aromatic N) is 3. The number of hydrogen-bond acceptors (Lipinski definition) is 5. The van der Waals surface area contributed by atoms with Gasteiger partial charge in [0.15, 0.2) is 5.82 Å². The first-order valence-corrected chi connectivity index (χ1v) is 6.58. The van der Waals surface area contributed by atoms with Crippen LogP contribution in [-0.4, -0.2) is 26.3 Å². The van der Waals surface area contributed by atoms with Crippen LogP contribution in [0.1, 0.15) is 10.4 Å². The minimum Gasteiger partial charge on any atom is -0.478 e. The molecule has 2 aromatic heterocycles. The summed E-state index contributed by atoms with van der Waals surface area (Å²) in [5.74, 6) is -0.442. The van der Waals surface area contributed by atoms with Gasteiger partial charge >= 0.3 is 5.97 Å². The van der Waals surface area contributed by atoms with Gasteiger partial charge in [-0.05, 0) is 42.5 Å². The summed E-state index contributed by atoms with van der Waals surface area (Å²) in [7, 11) is 0. The van der Waals surface area contributed by atoms with Crippen molar-refractivity contribution in [2.24, 2.45) is 0 Å². The summed E-state index contributed by atoms with van der Waals surface area (Å²) < 4.78 is 0. The number of anilines is 2. The first kappa shape index (κ1) is 13.7. The van der Waals surface area contributed by atoms with E-state index in [2.05, 4.69) is 20.5 Å². The highest BCUT2D eigenvalue weighted by atomic mass is 16.4. The van der Waals surface area contributed by atoms with E-state index in [4.69, 9.17) is 5.11 Å². The molecular weight excluding hydrogens is 280 g/mol. The molecular formula is C16H12N4O2. The van der Waals surface area contributed by atoms with Crippen LogP contribution in [0.25, 0.3) is 11.4 Å². The minimum atomic E-state index is -0.972. The number of rotatable bonds is 4. The maximum Gasteiger partial charge on any atom is 0.335 e. The molecule has 22 heavy (non-hydrogen) atoms. The predicted octanol–water partition coefficient (Wildman–Crippen LogP) is 2.98. The van der Waals surface area contributed by atoms with Gasteiger partial charge in [-0.1, -0.05) is 12.1 Å². The van der Waals surface area contributed by atoms with Crippen molar-refractivity contribution in [1.82, 2.24) is 15.2 Å². The molecule has 0 saturated carbocycles. The number of carboxylic acids is 1. The third-order valence-electron chi connectivity index (χ3n) is 2.97. The van der Waals surface area contributed by atoms with E-state index in [-0.39, 0.29) is 5.56 Å². The molecule has 3 rings (SSSR count). The van der Waals surface area contributed by atoms with Crippen molar-refractivity contribution in [3.63, 3.8) is 0 Å². The van der Waals surface area contributed by atoms with Gasteiger partial charge in [0.1, 0.15) is 5.69 Å². The van der Waals surface area contributed by atoms with Crippen molar-refractivity contribution in [3.8, 4) is 11.4 Å². The number of carboxylic acid groups (broad SMARTS) is 1. The Hall–Kier alpha value is -3.28. The fourth-order valence-electron chi connectivity index (χ4n) is 1.93. The Bertz CT molecular complexity index is 789. The molecule has 0 atom stereocenters. The lowest BCUT2D eigenvalue weighted by Crippen LogP contribution is -2.00. The molecule has 0 bridgehead atoms. The van der Waals surface area contributed by atoms with Crippen molar-refractivity contribution in [2.75, 3.05) is 5.32 Å². The van der Waals surface area contributed by atoms with Crippen molar-refractivity contribution in [1.29, 1.82) is 0 Å². The van der Waals surface area contributed by atoms with E-state index in [0.717, 1.165) is 5.69 Å². The van der Waals surface area contributed by atoms with Gasteiger partial charge in [0.2, 0.25) is 0 Å². The van der Waals surface area contributed by atoms with Gasteiger partial charge in [-0.15, -0.1) is 10.2 Å². The number of carbonyl (C=O) groups is 1. The van der Waals surface area contributed by atoms with Crippen molar-refractivity contribution in [2.45, 2.75) is 0 Å². The highest BCUT2D eigenvalue weighted by Crippen LogP contribution is 2.18. The normalized spacial score (nSPS) is 10.2. The zero-order valence-electron chi connectivity index (χ0n) is 11.5. The molecule has 0 fully saturated rings. The molecule has 3 aromatic rings. The van der Waals surface area contributed by atoms with Gasteiger partial charge in [-0.2, -0.15) is 0 Å². The highest BCUT2D eigenvalue weighted by molar-refractivity contribution is 5.89. The van der Waals surface area contributed by atoms with Gasteiger partial charge in [0.25, 0.3) is 0 Å². The number of pyridine rings is 1. The van der Waals surface area contributed by atoms with Crippen LogP contribution in [-0.2, 0) is 0 Å². The van der Waals surface area contributed by atoms with E-state index in [1.54, 1.807) is 30.5 Å². The third kappa shape index (κ3) is 3.06. The Balaban J connectivity index is 1.79. The topological polar surface area (TPSA) is 88.0 Å². The Morgan fingerprint density at radius 3 is 2.55 bits per heavy atom. The fourth-order valence-corrected chi connectivity index (χ4v) is 1.93. The second-order valence-corrected chi connectivity index (χ2v) is 4.53. The minimum absolute atomic E-state index is 0.211. The maximum absolute atomic E-state index is 10.9. The van der Waals surface area contributed by atoms with Crippen LogP contribution in [0.2, 0.25) is 0 Å². The molecule has 1 aromatic carbocycles. The summed E-state index contributed by atoms with van der Waals surface area (Å²) in [6, 6.07) is 15.6. The second kappa shape index (κ2) is 6.01. The zero-order chi connectivity index (χ0) is 15.4. The summed E-state index contributed by atoms with van der Waals surface area (Å²) in [6.07, 6.45) is 1.70. The van der Waals surface area contributed by atoms with Crippen LogP contribution in [0.15, 0.2) is 60.8 Å². The molecule has 0 aliphatic rings. The van der Waals surface area contributed by atoms with Crippen LogP contribution in [0.4, 0.5) is 11.5 Å². The van der Waals surface area contributed by atoms with E-state index in [9.17, 15) is 4.79 Å². The Morgan fingerprint density at radius 1 is 0.955 bits per heavy atom. The van der Waals surface area contributed by atoms with Crippen molar-refractivity contribution >= 4 is 17.5 Å². The van der Waals surface area contributed by atoms with Crippen LogP contribution < -0.4 is 5.32 Å². The Labute approximate surface area is 126 Å². The molecule has 0 aliphatic heterocycles. The summed E-state index contributed by atoms with van der Waals surface area (Å²) in [4.78, 5) is 15.1. The SMILES string of the molecule is O=C(O)c1cccc(Nc2ccc(-c3ccccn3)nn2)c1. The number of aromatic carboxylic acids is 1. The van der Waals surface area contributed by atoms with E-state index in [0.29, 0.717) is 17.2 Å². The lowest BCUT2D eigenvalue weighted by Gasteiger charge is -2.06. The average Bonchev–Trinajstić information content (AvgIpc) is 2.56. The number of hydrogen-bond donors (Lipinski definition) is 2. The van der Waals surface area contributed by atoms with Gasteiger partial charge in [0, 0.05) is 11.9 Å². The first-order chi connectivity index (χ1) is 10.7. The molecule has 2 N–H and O–H groups in total. The van der Waals surface area contributed by atoms with Crippen LogP contribution >= 0.6 is 0 Å². The van der Waals surface area contributed by atoms with Crippen molar-refractivity contribution in [3.05, 3.63) is 66.4 Å². The summed E-state index contributed by atoms with van der Waals surface area (Å²) in [5, 5.41) is 20.2. The Morgan fingerprint density at radius 2 is 1.86 bits per heavy atom. The highest BCUT2D eigenvalue weighted by Gasteiger charge is 2.05. The largest absolute Gasteiger partial charge is 0.478 e. The summed E-state index contributed by atoms with van der Waals surface area (Å²) in [5.41, 5.74) is 2.27. The van der Waals surface area contributed by atoms with Crippen molar-refractivity contribution < 1.29 is 9.90 Å². The van der Waals surface area contributed by atoms with E-state index >= 15 is 0 Å². The Kier molecular flexibility index (Phi) is 3.74. The van der Waals surface area contributed by atoms with Crippen LogP contribution in [0.3, 0.4) is 0 Å². The second-order valence-electron chi connectivity index (χ2n) is 4.53. The zero-order valence-corrected chi connectivity index (χ0v) is 11.5. The number of aromatic nitrogens is 3. The molecule has 0 aliphatic carbocycles. The maximum atomic E-state index is 10.9. The molecule has 0 spiro atoms. The van der Waals surface area contributed by atoms with E-state index in [1.165, 1.54) is 12.1 Å². The lowest BCUT2D eigenvalue weighted by molar-refractivity contribution is 0.0697. The third-order valence-corrected chi connectivity index (χ3v) is 2.97. The van der Waals surface area contributed by atoms with Gasteiger partial charge < -0.3 is 10.4 Å². The monoisotopic (exact) mass is 292 g/mol. The average molecular weight is 292 g/mol. The van der Waals surface area contributed by atoms with Gasteiger partial charge in [-0.3, -0.25) is 4.98 Å². The molecule has 0 unspecified atom stereocenters. The van der Waals surface area contributed by atoms with Crippen LogP contribution in [0, 0.1) is 0 Å². The van der Waals surface area contributed by atoms with E-state index < -0.39 is 5.97 Å². The smallest absolute Gasteiger partial charge is 0.335 e. The first-order valence-electron chi connectivity index (χ1n) is 6.58. The number of nitrogens with one attached hydrogen (secondary N) is 1. The molecule has 0 saturated heterocycles. The fraction of sp³-hybridized carbons (Fsp3) is 0. The van der Waals surface area contributed by atoms with E-state index in [1.807, 2.05) is 18.2 Å². The predicted molar refractivity (Wildman–Crippen MR) is 81.9 cm³/mol. The van der Waals surface area contributed by atoms with Gasteiger partial charge in [0.05, 0.1) is 11.3 Å². The standard InChI is InChI=1S/C16H12N4O2/c21-16(22)11-4-3-5-12(10-11)18-15-8-7-14(19-20-15)13-6-1-2-9-17-13/h1-10H,(H,18,20)(H,21,22). The quantitative estimate of drug-likeness (QED) is 0.768. The van der Waals surface area contributed by atoms with Crippen LogP contribution in [0.5, 0.6) is 0 Å². The summed E-state index contributed by atoms with van der Waals surface area (Å²) in [6.45, 7) is 0. The van der Waals surface area contributed by atoms with Gasteiger partial charge in [-0.25, -0.2) is 4.79 Å². The molecule has 2 heterocycles. The molecule has 6 heteroatoms. The lowest BCUT2D eigenvalue weighted by atomic mass is 10.2.